The van der Waals surface area contributed by atoms with E-state index in [9.17, 15) is 4.79 Å². The van der Waals surface area contributed by atoms with Crippen LogP contribution in [0, 0.1) is 6.92 Å². The van der Waals surface area contributed by atoms with Crippen molar-refractivity contribution in [2.45, 2.75) is 6.92 Å². The minimum atomic E-state index is -1.07. The van der Waals surface area contributed by atoms with Crippen LogP contribution in [0.25, 0.3) is 27.6 Å². The van der Waals surface area contributed by atoms with E-state index in [2.05, 4.69) is 15.0 Å². The Balaban J connectivity index is 1.96. The molecule has 26 heavy (non-hydrogen) atoms. The second-order valence-electron chi connectivity index (χ2n) is 5.55. The van der Waals surface area contributed by atoms with Gasteiger partial charge in [-0.25, -0.2) is 24.4 Å². The first-order valence-electron chi connectivity index (χ1n) is 7.75. The van der Waals surface area contributed by atoms with Crippen LogP contribution in [0.1, 0.15) is 16.1 Å². The quantitative estimate of drug-likeness (QED) is 0.597. The highest BCUT2D eigenvalue weighted by atomic mass is 32.1. The number of aromatic nitrogens is 5. The lowest BCUT2D eigenvalue weighted by Gasteiger charge is -2.04. The first-order valence-corrected chi connectivity index (χ1v) is 8.62. The predicted octanol–water partition coefficient (Wildman–Crippen LogP) is 3.46. The minimum absolute atomic E-state index is 0.00493. The third kappa shape index (κ3) is 2.76. The van der Waals surface area contributed by atoms with Crippen molar-refractivity contribution in [3.05, 3.63) is 65.7 Å². The summed E-state index contributed by atoms with van der Waals surface area (Å²) < 4.78 is 1.66. The van der Waals surface area contributed by atoms with Gasteiger partial charge in [0, 0.05) is 34.5 Å². The standard InChI is InChI=1S/C18H13N5O2S/c1-11-15(12-5-3-2-4-6-12)22-23(16(11)13-7-19-10-20-8-13)18-21-14(9-26-18)17(24)25/h2-10H,1H3,(H,24,25). The summed E-state index contributed by atoms with van der Waals surface area (Å²) in [6, 6.07) is 9.81. The predicted molar refractivity (Wildman–Crippen MR) is 97.4 cm³/mol. The summed E-state index contributed by atoms with van der Waals surface area (Å²) in [4.78, 5) is 23.6. The molecule has 4 rings (SSSR count). The molecule has 8 heteroatoms. The second-order valence-corrected chi connectivity index (χ2v) is 6.38. The van der Waals surface area contributed by atoms with Crippen molar-refractivity contribution < 1.29 is 9.90 Å². The van der Waals surface area contributed by atoms with Gasteiger partial charge in [-0.15, -0.1) is 11.3 Å². The SMILES string of the molecule is Cc1c(-c2ccccc2)nn(-c2nc(C(=O)O)cs2)c1-c1cncnc1. The molecule has 0 aliphatic heterocycles. The highest BCUT2D eigenvalue weighted by Gasteiger charge is 2.21. The van der Waals surface area contributed by atoms with Crippen LogP contribution in [0.3, 0.4) is 0 Å². The van der Waals surface area contributed by atoms with Crippen LogP contribution in [0.5, 0.6) is 0 Å². The number of benzene rings is 1. The first kappa shape index (κ1) is 16.1. The van der Waals surface area contributed by atoms with Crippen LogP contribution in [0.15, 0.2) is 54.4 Å². The molecule has 7 nitrogen and oxygen atoms in total. The Morgan fingerprint density at radius 1 is 1.12 bits per heavy atom. The number of rotatable bonds is 4. The largest absolute Gasteiger partial charge is 0.476 e. The Morgan fingerprint density at radius 3 is 2.50 bits per heavy atom. The van der Waals surface area contributed by atoms with Gasteiger partial charge in [0.1, 0.15) is 6.33 Å². The lowest BCUT2D eigenvalue weighted by atomic mass is 10.0. The van der Waals surface area contributed by atoms with E-state index >= 15 is 0 Å². The first-order chi connectivity index (χ1) is 12.6. The van der Waals surface area contributed by atoms with Crippen molar-refractivity contribution >= 4 is 17.3 Å². The van der Waals surface area contributed by atoms with Gasteiger partial charge < -0.3 is 5.11 Å². The lowest BCUT2D eigenvalue weighted by Crippen LogP contribution is -2.02. The topological polar surface area (TPSA) is 93.8 Å². The van der Waals surface area contributed by atoms with Crippen molar-refractivity contribution in [1.82, 2.24) is 24.7 Å². The van der Waals surface area contributed by atoms with Gasteiger partial charge in [-0.3, -0.25) is 0 Å². The number of carbonyl (C=O) groups is 1. The maximum atomic E-state index is 11.2. The zero-order chi connectivity index (χ0) is 18.1. The summed E-state index contributed by atoms with van der Waals surface area (Å²) >= 11 is 1.22. The van der Waals surface area contributed by atoms with Gasteiger partial charge in [-0.05, 0) is 6.92 Å². The van der Waals surface area contributed by atoms with Gasteiger partial charge in [-0.1, -0.05) is 30.3 Å². The molecule has 0 saturated heterocycles. The molecule has 3 aromatic heterocycles. The monoisotopic (exact) mass is 363 g/mol. The van der Waals surface area contributed by atoms with E-state index in [0.29, 0.717) is 5.13 Å². The smallest absolute Gasteiger partial charge is 0.355 e. The number of aromatic carboxylic acids is 1. The molecule has 0 aliphatic carbocycles. The molecular weight excluding hydrogens is 350 g/mol. The van der Waals surface area contributed by atoms with Gasteiger partial charge in [-0.2, -0.15) is 5.10 Å². The maximum absolute atomic E-state index is 11.2. The Labute approximate surface area is 152 Å². The third-order valence-electron chi connectivity index (χ3n) is 3.90. The Bertz CT molecular complexity index is 1070. The van der Waals surface area contributed by atoms with E-state index in [4.69, 9.17) is 10.2 Å². The fraction of sp³-hybridized carbons (Fsp3) is 0.0556. The zero-order valence-electron chi connectivity index (χ0n) is 13.7. The number of hydrogen-bond donors (Lipinski definition) is 1. The maximum Gasteiger partial charge on any atom is 0.355 e. The van der Waals surface area contributed by atoms with Crippen LogP contribution in [-0.2, 0) is 0 Å². The number of thiazole rings is 1. The number of carboxylic acids is 1. The van der Waals surface area contributed by atoms with Gasteiger partial charge in [0.15, 0.2) is 5.69 Å². The molecule has 3 heterocycles. The summed E-state index contributed by atoms with van der Waals surface area (Å²) in [5.74, 6) is -1.07. The lowest BCUT2D eigenvalue weighted by molar-refractivity contribution is 0.0691. The summed E-state index contributed by atoms with van der Waals surface area (Å²) in [7, 11) is 0. The van der Waals surface area contributed by atoms with Crippen molar-refractivity contribution in [2.24, 2.45) is 0 Å². The molecule has 0 fully saturated rings. The Morgan fingerprint density at radius 2 is 1.85 bits per heavy atom. The highest BCUT2D eigenvalue weighted by molar-refractivity contribution is 7.12. The fourth-order valence-electron chi connectivity index (χ4n) is 2.72. The Kier molecular flexibility index (Phi) is 4.02. The van der Waals surface area contributed by atoms with Crippen LogP contribution < -0.4 is 0 Å². The molecule has 0 aliphatic rings. The molecule has 1 aromatic carbocycles. The molecule has 0 atom stereocenters. The molecule has 0 spiro atoms. The normalized spacial score (nSPS) is 10.8. The van der Waals surface area contributed by atoms with Crippen LogP contribution in [0.4, 0.5) is 0 Å². The van der Waals surface area contributed by atoms with Crippen molar-refractivity contribution in [2.75, 3.05) is 0 Å². The van der Waals surface area contributed by atoms with Crippen LogP contribution in [-0.4, -0.2) is 35.8 Å². The molecule has 0 amide bonds. The van der Waals surface area contributed by atoms with Gasteiger partial charge in [0.05, 0.1) is 11.4 Å². The van der Waals surface area contributed by atoms with Crippen LogP contribution in [0.2, 0.25) is 0 Å². The van der Waals surface area contributed by atoms with Gasteiger partial charge >= 0.3 is 5.97 Å². The summed E-state index contributed by atoms with van der Waals surface area (Å²) in [6.45, 7) is 1.97. The third-order valence-corrected chi connectivity index (χ3v) is 4.71. The van der Waals surface area contributed by atoms with Gasteiger partial charge in [0.25, 0.3) is 0 Å². The van der Waals surface area contributed by atoms with E-state index in [0.717, 1.165) is 28.1 Å². The molecule has 128 valence electrons. The van der Waals surface area contributed by atoms with E-state index in [1.54, 1.807) is 17.1 Å². The molecule has 4 aromatic rings. The second kappa shape index (κ2) is 6.49. The van der Waals surface area contributed by atoms with E-state index < -0.39 is 5.97 Å². The number of carboxylic acid groups (broad SMARTS) is 1. The molecule has 0 radical (unpaired) electrons. The zero-order valence-corrected chi connectivity index (χ0v) is 14.5. The minimum Gasteiger partial charge on any atom is -0.476 e. The van der Waals surface area contributed by atoms with Gasteiger partial charge in [0.2, 0.25) is 5.13 Å². The average molecular weight is 363 g/mol. The summed E-state index contributed by atoms with van der Waals surface area (Å²) in [6.07, 6.45) is 4.87. The molecule has 1 N–H and O–H groups in total. The van der Waals surface area contributed by atoms with Crippen LogP contribution >= 0.6 is 11.3 Å². The average Bonchev–Trinajstić information content (AvgIpc) is 3.28. The van der Waals surface area contributed by atoms with E-state index in [1.807, 2.05) is 37.3 Å². The molecule has 0 bridgehead atoms. The van der Waals surface area contributed by atoms with Crippen molar-refractivity contribution in [3.8, 4) is 27.6 Å². The number of hydrogen-bond acceptors (Lipinski definition) is 6. The molecule has 0 unspecified atom stereocenters. The molecular formula is C18H13N5O2S. The Hall–Kier alpha value is -3.39. The highest BCUT2D eigenvalue weighted by Crippen LogP contribution is 2.33. The van der Waals surface area contributed by atoms with E-state index in [-0.39, 0.29) is 5.69 Å². The number of nitrogens with zero attached hydrogens (tertiary/aromatic N) is 5. The van der Waals surface area contributed by atoms with Crippen molar-refractivity contribution in [3.63, 3.8) is 0 Å². The summed E-state index contributed by atoms with van der Waals surface area (Å²) in [5, 5.41) is 15.9. The summed E-state index contributed by atoms with van der Waals surface area (Å²) in [5.41, 5.74) is 4.28. The molecule has 0 saturated carbocycles. The van der Waals surface area contributed by atoms with E-state index in [1.165, 1.54) is 23.0 Å². The van der Waals surface area contributed by atoms with Crippen molar-refractivity contribution in [1.29, 1.82) is 0 Å². The fourth-order valence-corrected chi connectivity index (χ4v) is 3.48.